The van der Waals surface area contributed by atoms with E-state index in [0.717, 1.165) is 6.42 Å². The van der Waals surface area contributed by atoms with E-state index in [1.165, 1.54) is 0 Å². The predicted molar refractivity (Wildman–Crippen MR) is 89.2 cm³/mol. The number of hydrogen-bond acceptors (Lipinski definition) is 5. The molecule has 0 aromatic heterocycles. The molecule has 0 fully saturated rings. The number of benzene rings is 1. The van der Waals surface area contributed by atoms with Gasteiger partial charge < -0.3 is 19.1 Å². The van der Waals surface area contributed by atoms with E-state index in [2.05, 4.69) is 13.8 Å². The lowest BCUT2D eigenvalue weighted by molar-refractivity contribution is -0.143. The number of nitrogens with zero attached hydrogens (tertiary/aromatic N) is 1. The lowest BCUT2D eigenvalue weighted by Gasteiger charge is -2.23. The minimum absolute atomic E-state index is 0.113. The molecule has 6 nitrogen and oxygen atoms in total. The van der Waals surface area contributed by atoms with E-state index in [0.29, 0.717) is 42.7 Å². The topological polar surface area (TPSA) is 65.1 Å². The third kappa shape index (κ3) is 4.88. The maximum atomic E-state index is 12.8. The zero-order valence-electron chi connectivity index (χ0n) is 14.5. The Balaban J connectivity index is 2.06. The van der Waals surface area contributed by atoms with E-state index < -0.39 is 0 Å². The van der Waals surface area contributed by atoms with Gasteiger partial charge in [-0.25, -0.2) is 0 Å². The molecular weight excluding hydrogens is 310 g/mol. The third-order valence-corrected chi connectivity index (χ3v) is 3.77. The molecule has 0 unspecified atom stereocenters. The zero-order chi connectivity index (χ0) is 17.5. The van der Waals surface area contributed by atoms with E-state index in [4.69, 9.17) is 14.2 Å². The average molecular weight is 335 g/mol. The van der Waals surface area contributed by atoms with Crippen LogP contribution in [0.3, 0.4) is 0 Å². The smallest absolute Gasteiger partial charge is 0.307 e. The van der Waals surface area contributed by atoms with Crippen LogP contribution in [-0.2, 0) is 9.53 Å². The molecule has 0 aliphatic carbocycles. The first-order valence-corrected chi connectivity index (χ1v) is 8.35. The standard InChI is InChI=1S/C18H25NO5/c1-4-22-17(20)8-10-19(9-7-13(2)3)18(21)14-5-6-15-16(11-14)24-12-23-15/h5-6,11,13H,4,7-10,12H2,1-3H3. The monoisotopic (exact) mass is 335 g/mol. The van der Waals surface area contributed by atoms with Crippen LogP contribution >= 0.6 is 0 Å². The molecule has 1 heterocycles. The Morgan fingerprint density at radius 3 is 2.67 bits per heavy atom. The minimum Gasteiger partial charge on any atom is -0.466 e. The van der Waals surface area contributed by atoms with Crippen molar-refractivity contribution in [3.8, 4) is 11.5 Å². The molecule has 0 spiro atoms. The molecule has 0 bridgehead atoms. The second-order valence-corrected chi connectivity index (χ2v) is 6.10. The number of carbonyl (C=O) groups excluding carboxylic acids is 2. The largest absolute Gasteiger partial charge is 0.466 e. The maximum Gasteiger partial charge on any atom is 0.307 e. The number of fused-ring (bicyclic) bond motifs is 1. The lowest BCUT2D eigenvalue weighted by Crippen LogP contribution is -2.34. The van der Waals surface area contributed by atoms with Gasteiger partial charge in [0.05, 0.1) is 13.0 Å². The van der Waals surface area contributed by atoms with Gasteiger partial charge in [0.25, 0.3) is 5.91 Å². The molecule has 2 rings (SSSR count). The molecule has 1 aromatic rings. The Morgan fingerprint density at radius 2 is 1.96 bits per heavy atom. The van der Waals surface area contributed by atoms with Crippen LogP contribution in [0.25, 0.3) is 0 Å². The first-order valence-electron chi connectivity index (χ1n) is 8.35. The summed E-state index contributed by atoms with van der Waals surface area (Å²) in [6.07, 6.45) is 1.07. The molecule has 0 saturated carbocycles. The molecular formula is C18H25NO5. The van der Waals surface area contributed by atoms with Crippen LogP contribution in [0.15, 0.2) is 18.2 Å². The van der Waals surface area contributed by atoms with Crippen LogP contribution in [-0.4, -0.2) is 43.3 Å². The Bertz CT molecular complexity index is 585. The average Bonchev–Trinajstić information content (AvgIpc) is 3.02. The van der Waals surface area contributed by atoms with Crippen molar-refractivity contribution in [1.29, 1.82) is 0 Å². The molecule has 0 saturated heterocycles. The van der Waals surface area contributed by atoms with Gasteiger partial charge in [-0.1, -0.05) is 13.8 Å². The molecule has 1 amide bonds. The number of hydrogen-bond donors (Lipinski definition) is 0. The molecule has 0 atom stereocenters. The molecule has 1 aliphatic heterocycles. The minimum atomic E-state index is -0.287. The van der Waals surface area contributed by atoms with E-state index in [-0.39, 0.29) is 25.1 Å². The Labute approximate surface area is 142 Å². The first-order chi connectivity index (χ1) is 11.5. The SMILES string of the molecule is CCOC(=O)CCN(CCC(C)C)C(=O)c1ccc2c(c1)OCO2. The van der Waals surface area contributed by atoms with E-state index in [1.807, 2.05) is 0 Å². The highest BCUT2D eigenvalue weighted by molar-refractivity contribution is 5.95. The van der Waals surface area contributed by atoms with Crippen molar-refractivity contribution >= 4 is 11.9 Å². The van der Waals surface area contributed by atoms with Crippen LogP contribution in [0.5, 0.6) is 11.5 Å². The second-order valence-electron chi connectivity index (χ2n) is 6.10. The number of amides is 1. The van der Waals surface area contributed by atoms with Gasteiger partial charge in [-0.15, -0.1) is 0 Å². The highest BCUT2D eigenvalue weighted by atomic mass is 16.7. The molecule has 1 aromatic carbocycles. The molecule has 1 aliphatic rings. The quantitative estimate of drug-likeness (QED) is 0.684. The van der Waals surface area contributed by atoms with Crippen LogP contribution in [0, 0.1) is 5.92 Å². The fraction of sp³-hybridized carbons (Fsp3) is 0.556. The van der Waals surface area contributed by atoms with Gasteiger partial charge in [0.1, 0.15) is 0 Å². The summed E-state index contributed by atoms with van der Waals surface area (Å²) in [5, 5.41) is 0. The number of ether oxygens (including phenoxy) is 3. The molecule has 132 valence electrons. The summed E-state index contributed by atoms with van der Waals surface area (Å²) in [5.41, 5.74) is 0.534. The molecule has 0 N–H and O–H groups in total. The van der Waals surface area contributed by atoms with Crippen molar-refractivity contribution in [3.05, 3.63) is 23.8 Å². The van der Waals surface area contributed by atoms with Gasteiger partial charge in [-0.2, -0.15) is 0 Å². The normalized spacial score (nSPS) is 12.3. The van der Waals surface area contributed by atoms with Gasteiger partial charge in [0, 0.05) is 18.7 Å². The fourth-order valence-electron chi connectivity index (χ4n) is 2.40. The Hall–Kier alpha value is -2.24. The van der Waals surface area contributed by atoms with Crippen LogP contribution in [0.1, 0.15) is 44.0 Å². The van der Waals surface area contributed by atoms with E-state index in [1.54, 1.807) is 30.0 Å². The van der Waals surface area contributed by atoms with Crippen molar-refractivity contribution in [2.75, 3.05) is 26.5 Å². The van der Waals surface area contributed by atoms with Crippen molar-refractivity contribution in [1.82, 2.24) is 4.90 Å². The fourth-order valence-corrected chi connectivity index (χ4v) is 2.40. The van der Waals surface area contributed by atoms with Gasteiger partial charge in [0.15, 0.2) is 11.5 Å². The van der Waals surface area contributed by atoms with Crippen molar-refractivity contribution in [2.45, 2.75) is 33.6 Å². The third-order valence-electron chi connectivity index (χ3n) is 3.77. The molecule has 6 heteroatoms. The highest BCUT2D eigenvalue weighted by Gasteiger charge is 2.21. The summed E-state index contributed by atoms with van der Waals surface area (Å²) in [7, 11) is 0. The Kier molecular flexibility index (Phi) is 6.46. The summed E-state index contributed by atoms with van der Waals surface area (Å²) < 4.78 is 15.6. The summed E-state index contributed by atoms with van der Waals surface area (Å²) in [6, 6.07) is 5.15. The Morgan fingerprint density at radius 1 is 1.21 bits per heavy atom. The van der Waals surface area contributed by atoms with Gasteiger partial charge in [-0.05, 0) is 37.5 Å². The number of rotatable bonds is 8. The predicted octanol–water partition coefficient (Wildman–Crippen LogP) is 2.86. The summed E-state index contributed by atoms with van der Waals surface area (Å²) >= 11 is 0. The van der Waals surface area contributed by atoms with Crippen molar-refractivity contribution in [3.63, 3.8) is 0 Å². The van der Waals surface area contributed by atoms with Crippen LogP contribution in [0.4, 0.5) is 0 Å². The summed E-state index contributed by atoms with van der Waals surface area (Å²) in [5.74, 6) is 1.30. The van der Waals surface area contributed by atoms with Gasteiger partial charge in [-0.3, -0.25) is 9.59 Å². The summed E-state index contributed by atoms with van der Waals surface area (Å²) in [4.78, 5) is 26.1. The molecule has 24 heavy (non-hydrogen) atoms. The van der Waals surface area contributed by atoms with Gasteiger partial charge >= 0.3 is 5.97 Å². The van der Waals surface area contributed by atoms with E-state index in [9.17, 15) is 9.59 Å². The van der Waals surface area contributed by atoms with Crippen molar-refractivity contribution < 1.29 is 23.8 Å². The summed E-state index contributed by atoms with van der Waals surface area (Å²) in [6.45, 7) is 7.45. The number of carbonyl (C=O) groups is 2. The zero-order valence-corrected chi connectivity index (χ0v) is 14.5. The van der Waals surface area contributed by atoms with Gasteiger partial charge in [0.2, 0.25) is 6.79 Å². The maximum absolute atomic E-state index is 12.8. The second kappa shape index (κ2) is 8.57. The van der Waals surface area contributed by atoms with Crippen LogP contribution < -0.4 is 9.47 Å². The van der Waals surface area contributed by atoms with Crippen molar-refractivity contribution in [2.24, 2.45) is 5.92 Å². The number of esters is 1. The molecule has 0 radical (unpaired) electrons. The highest BCUT2D eigenvalue weighted by Crippen LogP contribution is 2.32. The lowest BCUT2D eigenvalue weighted by atomic mass is 10.1. The van der Waals surface area contributed by atoms with Crippen LogP contribution in [0.2, 0.25) is 0 Å². The first kappa shape index (κ1) is 18.1. The van der Waals surface area contributed by atoms with E-state index >= 15 is 0 Å².